The van der Waals surface area contributed by atoms with Crippen molar-refractivity contribution in [3.05, 3.63) is 0 Å². The number of nitrogens with zero attached hydrogens (tertiary/aromatic N) is 1. The van der Waals surface area contributed by atoms with E-state index in [1.807, 2.05) is 20.8 Å². The van der Waals surface area contributed by atoms with Crippen LogP contribution in [0, 0.1) is 0 Å². The summed E-state index contributed by atoms with van der Waals surface area (Å²) in [6, 6.07) is 0. The largest absolute Gasteiger partial charge is 0.444 e. The van der Waals surface area contributed by atoms with Gasteiger partial charge in [0.1, 0.15) is 11.8 Å². The van der Waals surface area contributed by atoms with Crippen LogP contribution >= 0.6 is 0 Å². The van der Waals surface area contributed by atoms with Crippen LogP contribution in [0.2, 0.25) is 0 Å². The third kappa shape index (κ3) is 2.00. The highest BCUT2D eigenvalue weighted by molar-refractivity contribution is 5.70. The topological polar surface area (TPSA) is 41.6 Å². The molecule has 2 aliphatic rings. The Hall–Kier alpha value is -0.840. The fourth-order valence-electron chi connectivity index (χ4n) is 2.31. The summed E-state index contributed by atoms with van der Waals surface area (Å²) < 4.78 is 18.7. The van der Waals surface area contributed by atoms with Crippen LogP contribution in [-0.4, -0.2) is 47.9 Å². The number of rotatable bonds is 0. The Morgan fingerprint density at radius 1 is 1.50 bits per heavy atom. The van der Waals surface area contributed by atoms with Gasteiger partial charge in [-0.25, -0.2) is 9.18 Å². The number of likely N-dealkylation sites (tertiary alicyclic amines) is 1. The standard InChI is InChI=1S/C11H19FN2O2/c1-10(2,3)16-9(15)14-5-8(12)4-11(14)6-13-7-11/h8,13H,4-7H2,1-3H3. The van der Waals surface area contributed by atoms with Gasteiger partial charge in [0.25, 0.3) is 0 Å². The number of carbonyl (C=O) groups excluding carboxylic acids is 1. The van der Waals surface area contributed by atoms with Gasteiger partial charge in [-0.15, -0.1) is 0 Å². The Balaban J connectivity index is 2.05. The fraction of sp³-hybridized carbons (Fsp3) is 0.909. The Morgan fingerprint density at radius 3 is 2.56 bits per heavy atom. The first-order chi connectivity index (χ1) is 7.32. The van der Waals surface area contributed by atoms with Crippen LogP contribution in [0.1, 0.15) is 27.2 Å². The van der Waals surface area contributed by atoms with Gasteiger partial charge >= 0.3 is 6.09 Å². The number of hydrogen-bond donors (Lipinski definition) is 1. The summed E-state index contributed by atoms with van der Waals surface area (Å²) in [4.78, 5) is 13.5. The van der Waals surface area contributed by atoms with E-state index in [-0.39, 0.29) is 12.1 Å². The molecule has 2 fully saturated rings. The second-order valence-electron chi connectivity index (χ2n) is 5.72. The van der Waals surface area contributed by atoms with Crippen molar-refractivity contribution < 1.29 is 13.9 Å². The van der Waals surface area contributed by atoms with Crippen molar-refractivity contribution in [2.75, 3.05) is 19.6 Å². The lowest BCUT2D eigenvalue weighted by Gasteiger charge is -2.45. The molecule has 1 atom stereocenters. The quantitative estimate of drug-likeness (QED) is 0.682. The molecule has 2 aliphatic heterocycles. The molecule has 1 spiro atoms. The van der Waals surface area contributed by atoms with E-state index in [0.29, 0.717) is 19.5 Å². The molecule has 16 heavy (non-hydrogen) atoms. The van der Waals surface area contributed by atoms with Crippen molar-refractivity contribution in [1.29, 1.82) is 0 Å². The number of nitrogens with one attached hydrogen (secondary N) is 1. The number of halogens is 1. The van der Waals surface area contributed by atoms with Gasteiger partial charge in [-0.3, -0.25) is 4.90 Å². The molecule has 5 heteroatoms. The van der Waals surface area contributed by atoms with Crippen molar-refractivity contribution in [1.82, 2.24) is 10.2 Å². The van der Waals surface area contributed by atoms with E-state index in [9.17, 15) is 9.18 Å². The zero-order chi connectivity index (χ0) is 12.0. The molecule has 0 saturated carbocycles. The highest BCUT2D eigenvalue weighted by Crippen LogP contribution is 2.35. The summed E-state index contributed by atoms with van der Waals surface area (Å²) in [5.74, 6) is 0. The first kappa shape index (κ1) is 11.6. The third-order valence-corrected chi connectivity index (χ3v) is 3.08. The molecule has 92 valence electrons. The van der Waals surface area contributed by atoms with Gasteiger partial charge in [-0.05, 0) is 20.8 Å². The Bertz CT molecular complexity index is 297. The minimum atomic E-state index is -0.922. The lowest BCUT2D eigenvalue weighted by atomic mass is 9.89. The SMILES string of the molecule is CC(C)(C)OC(=O)N1CC(F)CC12CNC2. The van der Waals surface area contributed by atoms with Crippen LogP contribution in [0.5, 0.6) is 0 Å². The normalized spacial score (nSPS) is 28.0. The monoisotopic (exact) mass is 230 g/mol. The average Bonchev–Trinajstić information content (AvgIpc) is 2.39. The van der Waals surface area contributed by atoms with Gasteiger partial charge in [0.2, 0.25) is 0 Å². The lowest BCUT2D eigenvalue weighted by Crippen LogP contribution is -2.67. The maximum atomic E-state index is 13.4. The Morgan fingerprint density at radius 2 is 2.12 bits per heavy atom. The molecule has 2 heterocycles. The van der Waals surface area contributed by atoms with E-state index in [2.05, 4.69) is 5.32 Å². The van der Waals surface area contributed by atoms with Gasteiger partial charge < -0.3 is 10.1 Å². The van der Waals surface area contributed by atoms with E-state index in [1.165, 1.54) is 0 Å². The van der Waals surface area contributed by atoms with Gasteiger partial charge in [0.15, 0.2) is 0 Å². The summed E-state index contributed by atoms with van der Waals surface area (Å²) in [5, 5.41) is 3.10. The van der Waals surface area contributed by atoms with E-state index >= 15 is 0 Å². The number of amides is 1. The molecule has 1 unspecified atom stereocenters. The summed E-state index contributed by atoms with van der Waals surface area (Å²) in [6.07, 6.45) is -0.886. The molecule has 4 nitrogen and oxygen atoms in total. The van der Waals surface area contributed by atoms with Crippen LogP contribution in [-0.2, 0) is 4.74 Å². The van der Waals surface area contributed by atoms with Gasteiger partial charge in [-0.2, -0.15) is 0 Å². The zero-order valence-corrected chi connectivity index (χ0v) is 10.0. The molecular weight excluding hydrogens is 211 g/mol. The predicted molar refractivity (Wildman–Crippen MR) is 58.1 cm³/mol. The second kappa shape index (κ2) is 3.58. The minimum absolute atomic E-state index is 0.163. The second-order valence-corrected chi connectivity index (χ2v) is 5.72. The maximum absolute atomic E-state index is 13.4. The summed E-state index contributed by atoms with van der Waals surface area (Å²) in [5.41, 5.74) is -0.856. The molecule has 2 saturated heterocycles. The smallest absolute Gasteiger partial charge is 0.410 e. The average molecular weight is 230 g/mol. The third-order valence-electron chi connectivity index (χ3n) is 3.08. The van der Waals surface area contributed by atoms with Crippen LogP contribution in [0.3, 0.4) is 0 Å². The first-order valence-electron chi connectivity index (χ1n) is 5.68. The molecule has 1 N–H and O–H groups in total. The van der Waals surface area contributed by atoms with Gasteiger partial charge in [-0.1, -0.05) is 0 Å². The molecule has 2 rings (SSSR count). The van der Waals surface area contributed by atoms with Gasteiger partial charge in [0, 0.05) is 19.5 Å². The van der Waals surface area contributed by atoms with Crippen LogP contribution in [0.15, 0.2) is 0 Å². The molecule has 0 bridgehead atoms. The highest BCUT2D eigenvalue weighted by Gasteiger charge is 2.53. The lowest BCUT2D eigenvalue weighted by molar-refractivity contribution is -0.00302. The van der Waals surface area contributed by atoms with Crippen molar-refractivity contribution in [2.24, 2.45) is 0 Å². The molecule has 0 aromatic carbocycles. The summed E-state index contributed by atoms with van der Waals surface area (Å²) in [7, 11) is 0. The number of carbonyl (C=O) groups is 1. The van der Waals surface area contributed by atoms with E-state index < -0.39 is 17.9 Å². The highest BCUT2D eigenvalue weighted by atomic mass is 19.1. The van der Waals surface area contributed by atoms with Crippen LogP contribution in [0.4, 0.5) is 9.18 Å². The van der Waals surface area contributed by atoms with Gasteiger partial charge in [0.05, 0.1) is 12.1 Å². The Labute approximate surface area is 95.1 Å². The first-order valence-corrected chi connectivity index (χ1v) is 5.68. The maximum Gasteiger partial charge on any atom is 0.410 e. The fourth-order valence-corrected chi connectivity index (χ4v) is 2.31. The predicted octanol–water partition coefficient (Wildman–Crippen LogP) is 1.31. The molecule has 0 aromatic rings. The molecule has 0 radical (unpaired) electrons. The van der Waals surface area contributed by atoms with Crippen molar-refractivity contribution in [3.8, 4) is 0 Å². The number of alkyl halides is 1. The van der Waals surface area contributed by atoms with Crippen LogP contribution < -0.4 is 5.32 Å². The summed E-state index contributed by atoms with van der Waals surface area (Å²) in [6.45, 7) is 6.97. The number of ether oxygens (including phenoxy) is 1. The minimum Gasteiger partial charge on any atom is -0.444 e. The molecular formula is C11H19FN2O2. The number of hydrogen-bond acceptors (Lipinski definition) is 3. The van der Waals surface area contributed by atoms with E-state index in [4.69, 9.17) is 4.74 Å². The van der Waals surface area contributed by atoms with Crippen molar-refractivity contribution in [3.63, 3.8) is 0 Å². The van der Waals surface area contributed by atoms with Crippen molar-refractivity contribution in [2.45, 2.75) is 44.5 Å². The van der Waals surface area contributed by atoms with Crippen LogP contribution in [0.25, 0.3) is 0 Å². The van der Waals surface area contributed by atoms with Crippen molar-refractivity contribution >= 4 is 6.09 Å². The Kier molecular flexibility index (Phi) is 2.61. The summed E-state index contributed by atoms with van der Waals surface area (Å²) >= 11 is 0. The van der Waals surface area contributed by atoms with E-state index in [0.717, 1.165) is 0 Å². The van der Waals surface area contributed by atoms with E-state index in [1.54, 1.807) is 4.90 Å². The zero-order valence-electron chi connectivity index (χ0n) is 10.0. The molecule has 1 amide bonds. The molecule has 0 aliphatic carbocycles. The molecule has 0 aromatic heterocycles.